The smallest absolute Gasteiger partial charge is 0.306 e. The van der Waals surface area contributed by atoms with Gasteiger partial charge in [-0.05, 0) is 12.8 Å². The summed E-state index contributed by atoms with van der Waals surface area (Å²) in [5.74, 6) is -1.10. The molecule has 11 heavy (non-hydrogen) atoms. The van der Waals surface area contributed by atoms with E-state index in [9.17, 15) is 9.59 Å². The molecule has 0 aliphatic carbocycles. The molecule has 0 bridgehead atoms. The molecule has 0 saturated heterocycles. The van der Waals surface area contributed by atoms with E-state index in [1.54, 1.807) is 6.92 Å². The van der Waals surface area contributed by atoms with E-state index in [2.05, 4.69) is 5.32 Å². The molecule has 0 fully saturated rings. The molecule has 0 radical (unpaired) electrons. The van der Waals surface area contributed by atoms with E-state index >= 15 is 0 Å². The highest BCUT2D eigenvalue weighted by molar-refractivity contribution is 5.69. The van der Waals surface area contributed by atoms with Crippen molar-refractivity contribution in [3.05, 3.63) is 0 Å². The summed E-state index contributed by atoms with van der Waals surface area (Å²) in [5, 5.41) is 10.9. The van der Waals surface area contributed by atoms with Gasteiger partial charge < -0.3 is 10.4 Å². The summed E-state index contributed by atoms with van der Waals surface area (Å²) < 4.78 is 0. The Hall–Kier alpha value is -1.06. The molecule has 64 valence electrons. The third-order valence-corrected chi connectivity index (χ3v) is 1.46. The van der Waals surface area contributed by atoms with Crippen molar-refractivity contribution in [3.8, 4) is 0 Å². The summed E-state index contributed by atoms with van der Waals surface area (Å²) in [7, 11) is 0. The van der Waals surface area contributed by atoms with Crippen LogP contribution in [0.3, 0.4) is 0 Å². The van der Waals surface area contributed by atoms with Gasteiger partial charge in [0, 0.05) is 6.54 Å². The Kier molecular flexibility index (Phi) is 5.15. The molecule has 0 aromatic heterocycles. The van der Waals surface area contributed by atoms with Crippen molar-refractivity contribution in [1.29, 1.82) is 0 Å². The van der Waals surface area contributed by atoms with Crippen LogP contribution < -0.4 is 5.32 Å². The fraction of sp³-hybridized carbons (Fsp3) is 0.714. The van der Waals surface area contributed by atoms with Crippen LogP contribution in [0.25, 0.3) is 0 Å². The summed E-state index contributed by atoms with van der Waals surface area (Å²) in [6.07, 6.45) is 1.94. The molecular weight excluding hydrogens is 146 g/mol. The van der Waals surface area contributed by atoms with Gasteiger partial charge >= 0.3 is 5.97 Å². The summed E-state index contributed by atoms with van der Waals surface area (Å²) in [5.41, 5.74) is 0. The van der Waals surface area contributed by atoms with Crippen LogP contribution in [0.2, 0.25) is 0 Å². The van der Waals surface area contributed by atoms with Crippen molar-refractivity contribution in [2.24, 2.45) is 5.92 Å². The van der Waals surface area contributed by atoms with Crippen LogP contribution in [0.4, 0.5) is 0 Å². The van der Waals surface area contributed by atoms with Gasteiger partial charge in [0.15, 0.2) is 0 Å². The standard InChI is InChI=1S/C7H13NO3/c1-6(7(10)11)3-2-4-8-5-9/h5-6H,2-4H2,1H3,(H,8,9)(H,10,11). The molecule has 1 amide bonds. The number of hydrogen-bond donors (Lipinski definition) is 2. The van der Waals surface area contributed by atoms with Crippen LogP contribution in [0.5, 0.6) is 0 Å². The third kappa shape index (κ3) is 5.39. The molecule has 1 atom stereocenters. The zero-order valence-electron chi connectivity index (χ0n) is 6.54. The second-order valence-electron chi connectivity index (χ2n) is 2.45. The monoisotopic (exact) mass is 159 g/mol. The van der Waals surface area contributed by atoms with Crippen LogP contribution in [0.1, 0.15) is 19.8 Å². The number of carboxylic acids is 1. The molecule has 0 saturated carbocycles. The highest BCUT2D eigenvalue weighted by Crippen LogP contribution is 2.03. The van der Waals surface area contributed by atoms with Gasteiger partial charge in [-0.25, -0.2) is 0 Å². The van der Waals surface area contributed by atoms with Gasteiger partial charge in [0.05, 0.1) is 5.92 Å². The van der Waals surface area contributed by atoms with Crippen LogP contribution in [0, 0.1) is 5.92 Å². The Morgan fingerprint density at radius 2 is 2.36 bits per heavy atom. The second-order valence-corrected chi connectivity index (χ2v) is 2.45. The SMILES string of the molecule is CC(CCCNC=O)C(=O)O. The number of nitrogens with one attached hydrogen (secondary N) is 1. The third-order valence-electron chi connectivity index (χ3n) is 1.46. The number of hydrogen-bond acceptors (Lipinski definition) is 2. The molecule has 0 aliphatic rings. The van der Waals surface area contributed by atoms with E-state index in [-0.39, 0.29) is 5.92 Å². The fourth-order valence-electron chi connectivity index (χ4n) is 0.693. The Morgan fingerprint density at radius 3 is 2.82 bits per heavy atom. The minimum Gasteiger partial charge on any atom is -0.481 e. The molecule has 0 aromatic carbocycles. The maximum atomic E-state index is 10.3. The predicted molar refractivity (Wildman–Crippen MR) is 40.1 cm³/mol. The minimum atomic E-state index is -0.781. The molecule has 0 heterocycles. The van der Waals surface area contributed by atoms with Gasteiger partial charge in [0.25, 0.3) is 0 Å². The first-order chi connectivity index (χ1) is 5.18. The normalized spacial score (nSPS) is 12.1. The van der Waals surface area contributed by atoms with E-state index < -0.39 is 5.97 Å². The van der Waals surface area contributed by atoms with E-state index in [1.807, 2.05) is 0 Å². The average molecular weight is 159 g/mol. The maximum absolute atomic E-state index is 10.3. The predicted octanol–water partition coefficient (Wildman–Crippen LogP) is 0.233. The molecule has 0 spiro atoms. The van der Waals surface area contributed by atoms with Gasteiger partial charge in [0.2, 0.25) is 6.41 Å². The summed E-state index contributed by atoms with van der Waals surface area (Å²) in [4.78, 5) is 20.0. The number of carbonyl (C=O) groups is 2. The van der Waals surface area contributed by atoms with Crippen molar-refractivity contribution >= 4 is 12.4 Å². The van der Waals surface area contributed by atoms with E-state index in [0.29, 0.717) is 25.8 Å². The van der Waals surface area contributed by atoms with Crippen molar-refractivity contribution in [1.82, 2.24) is 5.32 Å². The first kappa shape index (κ1) is 9.94. The minimum absolute atomic E-state index is 0.316. The van der Waals surface area contributed by atoms with E-state index in [1.165, 1.54) is 0 Å². The average Bonchev–Trinajstić information content (AvgIpc) is 1.97. The van der Waals surface area contributed by atoms with Gasteiger partial charge in [-0.3, -0.25) is 9.59 Å². The van der Waals surface area contributed by atoms with Gasteiger partial charge in [-0.15, -0.1) is 0 Å². The largest absolute Gasteiger partial charge is 0.481 e. The Bertz CT molecular complexity index is 136. The topological polar surface area (TPSA) is 66.4 Å². The first-order valence-electron chi connectivity index (χ1n) is 3.58. The zero-order chi connectivity index (χ0) is 8.69. The van der Waals surface area contributed by atoms with Gasteiger partial charge in [-0.1, -0.05) is 6.92 Å². The lowest BCUT2D eigenvalue weighted by molar-refractivity contribution is -0.141. The number of carbonyl (C=O) groups excluding carboxylic acids is 1. The lowest BCUT2D eigenvalue weighted by atomic mass is 10.1. The van der Waals surface area contributed by atoms with Crippen molar-refractivity contribution in [2.45, 2.75) is 19.8 Å². The lowest BCUT2D eigenvalue weighted by Gasteiger charge is -2.03. The lowest BCUT2D eigenvalue weighted by Crippen LogP contribution is -2.15. The van der Waals surface area contributed by atoms with Crippen LogP contribution in [0.15, 0.2) is 0 Å². The van der Waals surface area contributed by atoms with Crippen LogP contribution in [-0.2, 0) is 9.59 Å². The van der Waals surface area contributed by atoms with Crippen molar-refractivity contribution < 1.29 is 14.7 Å². The van der Waals surface area contributed by atoms with Crippen molar-refractivity contribution in [3.63, 3.8) is 0 Å². The van der Waals surface area contributed by atoms with Gasteiger partial charge in [0.1, 0.15) is 0 Å². The maximum Gasteiger partial charge on any atom is 0.306 e. The first-order valence-corrected chi connectivity index (χ1v) is 3.58. The summed E-state index contributed by atoms with van der Waals surface area (Å²) in [6.45, 7) is 2.21. The molecule has 4 heteroatoms. The Morgan fingerprint density at radius 1 is 1.73 bits per heavy atom. The number of carboxylic acid groups (broad SMARTS) is 1. The number of aliphatic carboxylic acids is 1. The molecule has 0 aliphatic heterocycles. The van der Waals surface area contributed by atoms with E-state index in [0.717, 1.165) is 0 Å². The van der Waals surface area contributed by atoms with Crippen LogP contribution >= 0.6 is 0 Å². The number of amides is 1. The molecule has 0 rings (SSSR count). The molecule has 1 unspecified atom stereocenters. The Balaban J connectivity index is 3.24. The molecule has 2 N–H and O–H groups in total. The molecule has 4 nitrogen and oxygen atoms in total. The van der Waals surface area contributed by atoms with Gasteiger partial charge in [-0.2, -0.15) is 0 Å². The van der Waals surface area contributed by atoms with Crippen molar-refractivity contribution in [2.75, 3.05) is 6.54 Å². The van der Waals surface area contributed by atoms with E-state index in [4.69, 9.17) is 5.11 Å². The Labute approximate surface area is 65.6 Å². The number of rotatable bonds is 6. The zero-order valence-corrected chi connectivity index (χ0v) is 6.54. The molecular formula is C7H13NO3. The highest BCUT2D eigenvalue weighted by Gasteiger charge is 2.08. The molecule has 0 aromatic rings. The highest BCUT2D eigenvalue weighted by atomic mass is 16.4. The quantitative estimate of drug-likeness (QED) is 0.430. The summed E-state index contributed by atoms with van der Waals surface area (Å²) >= 11 is 0. The van der Waals surface area contributed by atoms with Crippen LogP contribution in [-0.4, -0.2) is 24.0 Å². The fourth-order valence-corrected chi connectivity index (χ4v) is 0.693. The summed E-state index contributed by atoms with van der Waals surface area (Å²) in [6, 6.07) is 0. The second kappa shape index (κ2) is 5.70.